The van der Waals surface area contributed by atoms with E-state index >= 15 is 0 Å². The first-order valence-corrected chi connectivity index (χ1v) is 13.2. The largest absolute Gasteiger partial charge is 0.483 e. The average Bonchev–Trinajstić information content (AvgIpc) is 3.03. The molecule has 3 aliphatic carbocycles. The summed E-state index contributed by atoms with van der Waals surface area (Å²) in [7, 11) is 0. The maximum atomic E-state index is 13.2. The highest BCUT2D eigenvalue weighted by Gasteiger charge is 2.64. The quantitative estimate of drug-likeness (QED) is 0.334. The number of esters is 1. The molecule has 5 rings (SSSR count). The first kappa shape index (κ1) is 23.0. The number of allylic oxidation sites excluding steroid dienone is 4. The summed E-state index contributed by atoms with van der Waals surface area (Å²) >= 11 is 0. The number of fused-ring (bicyclic) bond motifs is 3. The summed E-state index contributed by atoms with van der Waals surface area (Å²) in [6.45, 7) is 19.7. The molecule has 4 fully saturated rings. The van der Waals surface area contributed by atoms with E-state index in [4.69, 9.17) is 9.47 Å². The summed E-state index contributed by atoms with van der Waals surface area (Å²) in [6, 6.07) is 0. The van der Waals surface area contributed by atoms with Crippen molar-refractivity contribution in [1.82, 2.24) is 0 Å². The maximum Gasteiger partial charge on any atom is 0.351 e. The summed E-state index contributed by atoms with van der Waals surface area (Å²) in [5.41, 5.74) is 3.55. The van der Waals surface area contributed by atoms with Gasteiger partial charge in [-0.3, -0.25) is 0 Å². The molecule has 3 heteroatoms. The molecule has 3 nitrogen and oxygen atoms in total. The minimum atomic E-state index is -0.786. The zero-order valence-electron chi connectivity index (χ0n) is 21.0. The lowest BCUT2D eigenvalue weighted by Crippen LogP contribution is -2.51. The van der Waals surface area contributed by atoms with Crippen molar-refractivity contribution in [3.63, 3.8) is 0 Å². The Hall–Kier alpha value is -1.77. The van der Waals surface area contributed by atoms with Crippen molar-refractivity contribution in [3.8, 4) is 0 Å². The van der Waals surface area contributed by atoms with E-state index in [0.717, 1.165) is 51.4 Å². The minimum absolute atomic E-state index is 0.00428. The van der Waals surface area contributed by atoms with E-state index in [1.54, 1.807) is 0 Å². The minimum Gasteiger partial charge on any atom is -0.483 e. The van der Waals surface area contributed by atoms with Crippen LogP contribution in [0.15, 0.2) is 48.8 Å². The number of hydrogen-bond acceptors (Lipinski definition) is 3. The highest BCUT2D eigenvalue weighted by atomic mass is 16.6. The molecule has 0 aromatic carbocycles. The van der Waals surface area contributed by atoms with Gasteiger partial charge in [0, 0.05) is 12.3 Å². The van der Waals surface area contributed by atoms with Crippen LogP contribution in [0.25, 0.3) is 0 Å². The number of rotatable bonds is 3. The van der Waals surface area contributed by atoms with Gasteiger partial charge in [0.1, 0.15) is 6.10 Å². The van der Waals surface area contributed by atoms with Gasteiger partial charge >= 0.3 is 5.97 Å². The van der Waals surface area contributed by atoms with Gasteiger partial charge in [-0.15, -0.1) is 6.58 Å². The zero-order chi connectivity index (χ0) is 23.6. The number of hydrogen-bond donors (Lipinski definition) is 0. The molecule has 1 spiro atoms. The van der Waals surface area contributed by atoms with Crippen LogP contribution >= 0.6 is 0 Å². The number of ether oxygens (including phenoxy) is 2. The lowest BCUT2D eigenvalue weighted by atomic mass is 9.54. The predicted octanol–water partition coefficient (Wildman–Crippen LogP) is 7.30. The molecule has 5 aliphatic rings. The molecule has 0 unspecified atom stereocenters. The van der Waals surface area contributed by atoms with Crippen LogP contribution in [0.3, 0.4) is 0 Å². The van der Waals surface area contributed by atoms with Gasteiger partial charge in [0.15, 0.2) is 0 Å². The Morgan fingerprint density at radius 3 is 2.64 bits per heavy atom. The van der Waals surface area contributed by atoms with E-state index < -0.39 is 5.60 Å². The summed E-state index contributed by atoms with van der Waals surface area (Å²) in [6.07, 6.45) is 14.6. The SMILES string of the molecule is C=C[C@@]1(C)CC[C@H](C2=CO[C@@]3(CC2)C(=O)O[C@@H]2C[C@@]4(C)CCCC(=C)[C@H]4C[C@@H]23)C[C@@H]1C(=C)C. The molecule has 0 aromatic rings. The van der Waals surface area contributed by atoms with Crippen molar-refractivity contribution in [1.29, 1.82) is 0 Å². The van der Waals surface area contributed by atoms with Crippen LogP contribution in [0.2, 0.25) is 0 Å². The molecule has 2 aliphatic heterocycles. The average molecular weight is 451 g/mol. The molecule has 0 N–H and O–H groups in total. The Kier molecular flexibility index (Phi) is 5.49. The Morgan fingerprint density at radius 1 is 1.18 bits per heavy atom. The molecular weight excluding hydrogens is 408 g/mol. The molecule has 8 atom stereocenters. The zero-order valence-corrected chi connectivity index (χ0v) is 21.0. The van der Waals surface area contributed by atoms with Crippen LogP contribution in [-0.2, 0) is 14.3 Å². The fraction of sp³-hybridized carbons (Fsp3) is 0.700. The van der Waals surface area contributed by atoms with Crippen LogP contribution in [-0.4, -0.2) is 17.7 Å². The van der Waals surface area contributed by atoms with Crippen molar-refractivity contribution in [2.75, 3.05) is 0 Å². The number of carbonyl (C=O) groups excluding carboxylic acids is 1. The van der Waals surface area contributed by atoms with Gasteiger partial charge in [-0.25, -0.2) is 4.79 Å². The third-order valence-electron chi connectivity index (χ3n) is 10.5. The van der Waals surface area contributed by atoms with Gasteiger partial charge in [0.25, 0.3) is 0 Å². The van der Waals surface area contributed by atoms with Crippen LogP contribution in [0.1, 0.15) is 85.0 Å². The Bertz CT molecular complexity index is 914. The van der Waals surface area contributed by atoms with E-state index in [9.17, 15) is 4.79 Å². The van der Waals surface area contributed by atoms with Crippen LogP contribution in [0, 0.1) is 34.5 Å². The summed E-state index contributed by atoms with van der Waals surface area (Å²) < 4.78 is 12.5. The van der Waals surface area contributed by atoms with Crippen molar-refractivity contribution in [2.24, 2.45) is 34.5 Å². The van der Waals surface area contributed by atoms with E-state index in [2.05, 4.69) is 46.6 Å². The number of carbonyl (C=O) groups is 1. The molecule has 2 heterocycles. The molecule has 33 heavy (non-hydrogen) atoms. The van der Waals surface area contributed by atoms with Crippen molar-refractivity contribution in [2.45, 2.75) is 96.7 Å². The molecule has 0 aromatic heterocycles. The molecule has 0 bridgehead atoms. The topological polar surface area (TPSA) is 35.5 Å². The Morgan fingerprint density at radius 2 is 1.97 bits per heavy atom. The Labute approximate surface area is 200 Å². The fourth-order valence-corrected chi connectivity index (χ4v) is 8.29. The van der Waals surface area contributed by atoms with E-state index in [0.29, 0.717) is 17.8 Å². The normalized spacial score (nSPS) is 47.1. The van der Waals surface area contributed by atoms with Gasteiger partial charge in [-0.05, 0) is 98.9 Å². The third kappa shape index (κ3) is 3.48. The fourth-order valence-electron chi connectivity index (χ4n) is 8.29. The first-order chi connectivity index (χ1) is 15.6. The van der Waals surface area contributed by atoms with Crippen molar-refractivity contribution >= 4 is 5.97 Å². The molecule has 3 saturated carbocycles. The molecule has 0 radical (unpaired) electrons. The molecule has 0 amide bonds. The second kappa shape index (κ2) is 7.89. The van der Waals surface area contributed by atoms with E-state index in [-0.39, 0.29) is 28.8 Å². The predicted molar refractivity (Wildman–Crippen MR) is 132 cm³/mol. The van der Waals surface area contributed by atoms with Crippen LogP contribution in [0.4, 0.5) is 0 Å². The molecule has 180 valence electrons. The first-order valence-electron chi connectivity index (χ1n) is 13.2. The van der Waals surface area contributed by atoms with Gasteiger partial charge in [0.2, 0.25) is 5.60 Å². The van der Waals surface area contributed by atoms with Gasteiger partial charge in [-0.2, -0.15) is 0 Å². The van der Waals surface area contributed by atoms with Crippen LogP contribution in [0.5, 0.6) is 0 Å². The van der Waals surface area contributed by atoms with E-state index in [1.807, 2.05) is 6.26 Å². The highest BCUT2D eigenvalue weighted by Crippen LogP contribution is 2.60. The highest BCUT2D eigenvalue weighted by molar-refractivity contribution is 5.83. The Balaban J connectivity index is 1.35. The second-order valence-electron chi connectivity index (χ2n) is 12.5. The molecular formula is C30H42O3. The van der Waals surface area contributed by atoms with Gasteiger partial charge in [-0.1, -0.05) is 44.2 Å². The lowest BCUT2D eigenvalue weighted by molar-refractivity contribution is -0.158. The summed E-state index contributed by atoms with van der Waals surface area (Å²) in [4.78, 5) is 13.2. The van der Waals surface area contributed by atoms with E-state index in [1.165, 1.54) is 29.6 Å². The third-order valence-corrected chi connectivity index (χ3v) is 10.5. The monoisotopic (exact) mass is 450 g/mol. The molecule has 1 saturated heterocycles. The standard InChI is InChI=1S/C30H42O3/c1-7-28(5)13-10-21(15-23(28)19(2)3)22-11-14-30(32-18-22)25-16-24-20(4)9-8-12-29(24,6)17-26(25)33-27(30)31/h7,18,21,23-26H,1-2,4,8-17H2,3,5-6H3/t21-,23+,24+,25-,26+,28-,29+,30+/m0/s1. The van der Waals surface area contributed by atoms with Gasteiger partial charge < -0.3 is 9.47 Å². The summed E-state index contributed by atoms with van der Waals surface area (Å²) in [5.74, 6) is 1.45. The maximum absolute atomic E-state index is 13.2. The lowest BCUT2D eigenvalue weighted by Gasteiger charge is -2.51. The second-order valence-corrected chi connectivity index (χ2v) is 12.5. The van der Waals surface area contributed by atoms with Crippen LogP contribution < -0.4 is 0 Å². The van der Waals surface area contributed by atoms with Crippen molar-refractivity contribution < 1.29 is 14.3 Å². The smallest absolute Gasteiger partial charge is 0.351 e. The van der Waals surface area contributed by atoms with Gasteiger partial charge in [0.05, 0.1) is 6.26 Å². The summed E-state index contributed by atoms with van der Waals surface area (Å²) in [5, 5.41) is 0. The van der Waals surface area contributed by atoms with Crippen molar-refractivity contribution in [3.05, 3.63) is 48.8 Å².